The fourth-order valence-corrected chi connectivity index (χ4v) is 3.07. The van der Waals surface area contributed by atoms with Crippen LogP contribution >= 0.6 is 0 Å². The summed E-state index contributed by atoms with van der Waals surface area (Å²) in [5.41, 5.74) is 1.09. The standard InChI is InChI=1S/C17H26N2O/c1-2-13-4-3-5-16(10-13)20-17-8-9-18-15(11-17)12-19-14-6-7-14/h8-9,11,13-14,16,19H,2-7,10,12H2,1H3. The molecule has 110 valence electrons. The van der Waals surface area contributed by atoms with Crippen LogP contribution in [0.1, 0.15) is 57.6 Å². The molecule has 1 aromatic heterocycles. The SMILES string of the molecule is CCC1CCCC(Oc2ccnc(CNC3CC3)c2)C1. The Morgan fingerprint density at radius 2 is 2.20 bits per heavy atom. The van der Waals surface area contributed by atoms with Gasteiger partial charge in [-0.15, -0.1) is 0 Å². The summed E-state index contributed by atoms with van der Waals surface area (Å²) in [6.45, 7) is 3.16. The van der Waals surface area contributed by atoms with Gasteiger partial charge in [0, 0.05) is 24.8 Å². The first-order chi connectivity index (χ1) is 9.83. The summed E-state index contributed by atoms with van der Waals surface area (Å²) >= 11 is 0. The van der Waals surface area contributed by atoms with Crippen LogP contribution in [0, 0.1) is 5.92 Å². The quantitative estimate of drug-likeness (QED) is 0.859. The van der Waals surface area contributed by atoms with E-state index >= 15 is 0 Å². The van der Waals surface area contributed by atoms with Crippen LogP contribution in [0.25, 0.3) is 0 Å². The van der Waals surface area contributed by atoms with Gasteiger partial charge in [0.2, 0.25) is 0 Å². The van der Waals surface area contributed by atoms with E-state index in [-0.39, 0.29) is 0 Å². The third kappa shape index (κ3) is 3.95. The molecule has 0 bridgehead atoms. The van der Waals surface area contributed by atoms with Crippen LogP contribution in [0.2, 0.25) is 0 Å². The lowest BCUT2D eigenvalue weighted by Crippen LogP contribution is -2.25. The first-order valence-corrected chi connectivity index (χ1v) is 8.18. The van der Waals surface area contributed by atoms with Crippen molar-refractivity contribution in [3.63, 3.8) is 0 Å². The molecule has 2 fully saturated rings. The number of ether oxygens (including phenoxy) is 1. The van der Waals surface area contributed by atoms with Crippen LogP contribution in [-0.4, -0.2) is 17.1 Å². The summed E-state index contributed by atoms with van der Waals surface area (Å²) in [6, 6.07) is 4.83. The average Bonchev–Trinajstić information content (AvgIpc) is 3.30. The maximum atomic E-state index is 6.18. The van der Waals surface area contributed by atoms with Crippen molar-refractivity contribution in [2.24, 2.45) is 5.92 Å². The molecule has 3 rings (SSSR count). The topological polar surface area (TPSA) is 34.1 Å². The van der Waals surface area contributed by atoms with Gasteiger partial charge in [0.1, 0.15) is 5.75 Å². The molecule has 0 aromatic carbocycles. The van der Waals surface area contributed by atoms with E-state index < -0.39 is 0 Å². The molecular weight excluding hydrogens is 248 g/mol. The third-order valence-electron chi connectivity index (χ3n) is 4.55. The van der Waals surface area contributed by atoms with E-state index in [4.69, 9.17) is 4.74 Å². The Morgan fingerprint density at radius 3 is 3.00 bits per heavy atom. The van der Waals surface area contributed by atoms with Gasteiger partial charge in [0.15, 0.2) is 0 Å². The summed E-state index contributed by atoms with van der Waals surface area (Å²) in [4.78, 5) is 4.42. The van der Waals surface area contributed by atoms with E-state index in [0.29, 0.717) is 6.10 Å². The highest BCUT2D eigenvalue weighted by atomic mass is 16.5. The van der Waals surface area contributed by atoms with Crippen molar-refractivity contribution in [1.29, 1.82) is 0 Å². The first-order valence-electron chi connectivity index (χ1n) is 8.18. The van der Waals surface area contributed by atoms with Crippen LogP contribution < -0.4 is 10.1 Å². The van der Waals surface area contributed by atoms with Crippen LogP contribution in [-0.2, 0) is 6.54 Å². The molecule has 0 spiro atoms. The predicted octanol–water partition coefficient (Wildman–Crippen LogP) is 3.68. The fraction of sp³-hybridized carbons (Fsp3) is 0.706. The van der Waals surface area contributed by atoms with Crippen molar-refractivity contribution >= 4 is 0 Å². The van der Waals surface area contributed by atoms with E-state index in [0.717, 1.165) is 29.9 Å². The van der Waals surface area contributed by atoms with Gasteiger partial charge in [0.25, 0.3) is 0 Å². The van der Waals surface area contributed by atoms with E-state index in [2.05, 4.69) is 23.3 Å². The molecule has 20 heavy (non-hydrogen) atoms. The summed E-state index contributed by atoms with van der Waals surface area (Å²) in [7, 11) is 0. The van der Waals surface area contributed by atoms with Crippen molar-refractivity contribution < 1.29 is 4.74 Å². The summed E-state index contributed by atoms with van der Waals surface area (Å²) in [5, 5.41) is 3.50. The van der Waals surface area contributed by atoms with Crippen molar-refractivity contribution in [2.45, 2.75) is 70.6 Å². The minimum atomic E-state index is 0.403. The molecule has 1 aromatic rings. The highest BCUT2D eigenvalue weighted by molar-refractivity contribution is 5.23. The van der Waals surface area contributed by atoms with Crippen LogP contribution in [0.4, 0.5) is 0 Å². The largest absolute Gasteiger partial charge is 0.490 e. The first kappa shape index (κ1) is 13.9. The summed E-state index contributed by atoms with van der Waals surface area (Å²) in [5.74, 6) is 1.85. The molecule has 2 saturated carbocycles. The molecule has 1 heterocycles. The van der Waals surface area contributed by atoms with Gasteiger partial charge in [0.05, 0.1) is 11.8 Å². The van der Waals surface area contributed by atoms with Gasteiger partial charge < -0.3 is 10.1 Å². The summed E-state index contributed by atoms with van der Waals surface area (Å²) in [6.07, 6.45) is 11.3. The maximum Gasteiger partial charge on any atom is 0.123 e. The second-order valence-electron chi connectivity index (χ2n) is 6.32. The van der Waals surface area contributed by atoms with Gasteiger partial charge >= 0.3 is 0 Å². The van der Waals surface area contributed by atoms with E-state index in [1.807, 2.05) is 12.3 Å². The second-order valence-corrected chi connectivity index (χ2v) is 6.32. The molecule has 1 N–H and O–H groups in total. The monoisotopic (exact) mass is 274 g/mol. The molecule has 0 aliphatic heterocycles. The van der Waals surface area contributed by atoms with Crippen LogP contribution in [0.3, 0.4) is 0 Å². The van der Waals surface area contributed by atoms with Gasteiger partial charge in [-0.1, -0.05) is 19.8 Å². The van der Waals surface area contributed by atoms with E-state index in [1.54, 1.807) is 0 Å². The zero-order chi connectivity index (χ0) is 13.8. The number of hydrogen-bond acceptors (Lipinski definition) is 3. The zero-order valence-electron chi connectivity index (χ0n) is 12.5. The van der Waals surface area contributed by atoms with Crippen molar-refractivity contribution in [3.8, 4) is 5.75 Å². The summed E-state index contributed by atoms with van der Waals surface area (Å²) < 4.78 is 6.18. The number of rotatable bonds is 6. The Morgan fingerprint density at radius 1 is 1.30 bits per heavy atom. The zero-order valence-corrected chi connectivity index (χ0v) is 12.5. The van der Waals surface area contributed by atoms with E-state index in [1.165, 1.54) is 44.9 Å². The highest BCUT2D eigenvalue weighted by Crippen LogP contribution is 2.29. The number of hydrogen-bond donors (Lipinski definition) is 1. The lowest BCUT2D eigenvalue weighted by atomic mass is 9.85. The highest BCUT2D eigenvalue weighted by Gasteiger charge is 2.22. The molecule has 2 atom stereocenters. The minimum Gasteiger partial charge on any atom is -0.490 e. The Balaban J connectivity index is 1.54. The fourth-order valence-electron chi connectivity index (χ4n) is 3.07. The Labute approximate surface area is 122 Å². The minimum absolute atomic E-state index is 0.403. The van der Waals surface area contributed by atoms with Crippen molar-refractivity contribution in [3.05, 3.63) is 24.0 Å². The van der Waals surface area contributed by atoms with Gasteiger partial charge in [-0.3, -0.25) is 4.98 Å². The predicted molar refractivity (Wildman–Crippen MR) is 80.8 cm³/mol. The smallest absolute Gasteiger partial charge is 0.123 e. The van der Waals surface area contributed by atoms with Crippen molar-refractivity contribution in [2.75, 3.05) is 0 Å². The third-order valence-corrected chi connectivity index (χ3v) is 4.55. The van der Waals surface area contributed by atoms with Gasteiger partial charge in [-0.2, -0.15) is 0 Å². The lowest BCUT2D eigenvalue weighted by molar-refractivity contribution is 0.122. The molecule has 2 unspecified atom stereocenters. The number of aromatic nitrogens is 1. The molecule has 2 aliphatic rings. The number of nitrogens with zero attached hydrogens (tertiary/aromatic N) is 1. The Hall–Kier alpha value is -1.09. The Bertz CT molecular complexity index is 431. The average molecular weight is 274 g/mol. The molecule has 3 nitrogen and oxygen atoms in total. The molecule has 2 aliphatic carbocycles. The number of nitrogens with one attached hydrogen (secondary N) is 1. The van der Waals surface area contributed by atoms with Crippen LogP contribution in [0.15, 0.2) is 18.3 Å². The van der Waals surface area contributed by atoms with Gasteiger partial charge in [-0.25, -0.2) is 0 Å². The number of pyridine rings is 1. The van der Waals surface area contributed by atoms with Gasteiger partial charge in [-0.05, 0) is 44.1 Å². The molecule has 0 amide bonds. The lowest BCUT2D eigenvalue weighted by Gasteiger charge is -2.29. The molecule has 3 heteroatoms. The normalized spacial score (nSPS) is 26.4. The molecular formula is C17H26N2O. The second kappa shape index (κ2) is 6.57. The van der Waals surface area contributed by atoms with E-state index in [9.17, 15) is 0 Å². The molecule has 0 radical (unpaired) electrons. The van der Waals surface area contributed by atoms with Crippen LogP contribution in [0.5, 0.6) is 5.75 Å². The molecule has 0 saturated heterocycles. The van der Waals surface area contributed by atoms with Crippen molar-refractivity contribution in [1.82, 2.24) is 10.3 Å². The Kier molecular flexibility index (Phi) is 4.56. The maximum absolute atomic E-state index is 6.18.